The maximum absolute atomic E-state index is 14.7. The first-order valence-electron chi connectivity index (χ1n) is 8.70. The number of esters is 1. The Morgan fingerprint density at radius 2 is 1.90 bits per heavy atom. The van der Waals surface area contributed by atoms with E-state index in [1.54, 1.807) is 26.1 Å². The van der Waals surface area contributed by atoms with E-state index >= 15 is 0 Å². The van der Waals surface area contributed by atoms with Crippen LogP contribution in [-0.4, -0.2) is 37.0 Å². The zero-order chi connectivity index (χ0) is 21.5. The van der Waals surface area contributed by atoms with E-state index < -0.39 is 47.2 Å². The molecule has 7 nitrogen and oxygen atoms in total. The molecule has 0 radical (unpaired) electrons. The molecule has 0 aromatic heterocycles. The smallest absolute Gasteiger partial charge is 0.337 e. The van der Waals surface area contributed by atoms with Gasteiger partial charge in [-0.2, -0.15) is 0 Å². The van der Waals surface area contributed by atoms with Crippen LogP contribution in [-0.2, 0) is 11.3 Å². The van der Waals surface area contributed by atoms with E-state index in [0.29, 0.717) is 11.3 Å². The summed E-state index contributed by atoms with van der Waals surface area (Å²) in [6.07, 6.45) is 0. The van der Waals surface area contributed by atoms with Crippen molar-refractivity contribution in [3.8, 4) is 0 Å². The van der Waals surface area contributed by atoms with Gasteiger partial charge in [-0.3, -0.25) is 9.69 Å². The number of methoxy groups -OCH3 is 1. The van der Waals surface area contributed by atoms with Crippen molar-refractivity contribution >= 4 is 23.6 Å². The predicted molar refractivity (Wildman–Crippen MR) is 100 cm³/mol. The van der Waals surface area contributed by atoms with Gasteiger partial charge in [0.2, 0.25) is 0 Å². The summed E-state index contributed by atoms with van der Waals surface area (Å²) in [6.45, 7) is 1.30. The number of amides is 3. The third kappa shape index (κ3) is 3.39. The number of nitrogens with zero attached hydrogens (tertiary/aromatic N) is 2. The summed E-state index contributed by atoms with van der Waals surface area (Å²) in [6, 6.07) is 5.68. The molecule has 1 heterocycles. The molecule has 3 amide bonds. The van der Waals surface area contributed by atoms with Gasteiger partial charge in [-0.1, -0.05) is 6.07 Å². The van der Waals surface area contributed by atoms with Gasteiger partial charge in [0, 0.05) is 12.6 Å². The largest absolute Gasteiger partial charge is 0.465 e. The molecule has 1 aliphatic rings. The van der Waals surface area contributed by atoms with E-state index in [1.807, 2.05) is 0 Å². The van der Waals surface area contributed by atoms with Crippen molar-refractivity contribution in [2.75, 3.05) is 19.1 Å². The topological polar surface area (TPSA) is 92.9 Å². The molecule has 9 heteroatoms. The first kappa shape index (κ1) is 20.2. The summed E-state index contributed by atoms with van der Waals surface area (Å²) in [5.41, 5.74) is 5.38. The third-order valence-corrected chi connectivity index (χ3v) is 5.07. The third-order valence-electron chi connectivity index (χ3n) is 5.07. The van der Waals surface area contributed by atoms with Crippen molar-refractivity contribution in [1.29, 1.82) is 0 Å². The lowest BCUT2D eigenvalue weighted by molar-refractivity contribution is 0.0600. The average molecular weight is 403 g/mol. The van der Waals surface area contributed by atoms with E-state index in [9.17, 15) is 23.2 Å². The lowest BCUT2D eigenvalue weighted by Gasteiger charge is -2.39. The van der Waals surface area contributed by atoms with Gasteiger partial charge in [0.25, 0.3) is 5.91 Å². The van der Waals surface area contributed by atoms with Gasteiger partial charge in [-0.05, 0) is 36.8 Å². The SMILES string of the molecule is COC(=O)c1ccc2c(c1)N(Cc1c(F)ccc(C(N)=O)c1F)C(=O)N(C)[C@H]2C. The van der Waals surface area contributed by atoms with Crippen LogP contribution in [0.5, 0.6) is 0 Å². The average Bonchev–Trinajstić information content (AvgIpc) is 2.70. The van der Waals surface area contributed by atoms with Crippen molar-refractivity contribution in [2.24, 2.45) is 5.73 Å². The quantitative estimate of drug-likeness (QED) is 0.795. The van der Waals surface area contributed by atoms with E-state index in [0.717, 1.165) is 17.0 Å². The first-order chi connectivity index (χ1) is 13.7. The number of anilines is 1. The number of carbonyl (C=O) groups excluding carboxylic acids is 3. The summed E-state index contributed by atoms with van der Waals surface area (Å²) < 4.78 is 33.8. The molecule has 1 aliphatic heterocycles. The number of fused-ring (bicyclic) bond motifs is 1. The lowest BCUT2D eigenvalue weighted by atomic mass is 9.98. The van der Waals surface area contributed by atoms with E-state index in [1.165, 1.54) is 18.1 Å². The number of nitrogens with two attached hydrogens (primary N) is 1. The van der Waals surface area contributed by atoms with Gasteiger partial charge >= 0.3 is 12.0 Å². The van der Waals surface area contributed by atoms with Gasteiger partial charge in [0.1, 0.15) is 11.6 Å². The molecule has 0 fully saturated rings. The van der Waals surface area contributed by atoms with Crippen LogP contribution in [0.3, 0.4) is 0 Å². The Morgan fingerprint density at radius 1 is 1.21 bits per heavy atom. The fraction of sp³-hybridized carbons (Fsp3) is 0.250. The van der Waals surface area contributed by atoms with Crippen LogP contribution in [0.25, 0.3) is 0 Å². The van der Waals surface area contributed by atoms with Gasteiger partial charge in [-0.25, -0.2) is 18.4 Å². The highest BCUT2D eigenvalue weighted by molar-refractivity contribution is 5.98. The molecule has 0 unspecified atom stereocenters. The number of carbonyl (C=O) groups is 3. The normalized spacial score (nSPS) is 15.9. The number of ether oxygens (including phenoxy) is 1. The number of hydrogen-bond acceptors (Lipinski definition) is 4. The molecule has 2 aromatic rings. The van der Waals surface area contributed by atoms with E-state index in [-0.39, 0.29) is 11.6 Å². The van der Waals surface area contributed by atoms with Crippen molar-refractivity contribution in [3.63, 3.8) is 0 Å². The first-order valence-corrected chi connectivity index (χ1v) is 8.70. The maximum atomic E-state index is 14.7. The molecular weight excluding hydrogens is 384 g/mol. The Balaban J connectivity index is 2.14. The van der Waals surface area contributed by atoms with Gasteiger partial charge in [0.15, 0.2) is 0 Å². The van der Waals surface area contributed by atoms with Crippen molar-refractivity contribution < 1.29 is 27.9 Å². The predicted octanol–water partition coefficient (Wildman–Crippen LogP) is 2.98. The number of hydrogen-bond donors (Lipinski definition) is 1. The minimum absolute atomic E-state index is 0.188. The van der Waals surface area contributed by atoms with Crippen molar-refractivity contribution in [1.82, 2.24) is 4.90 Å². The van der Waals surface area contributed by atoms with E-state index in [2.05, 4.69) is 0 Å². The summed E-state index contributed by atoms with van der Waals surface area (Å²) in [5.74, 6) is -3.71. The van der Waals surface area contributed by atoms with Crippen LogP contribution in [0.2, 0.25) is 0 Å². The standard InChI is InChI=1S/C20H19F2N3O4/c1-10-12-5-4-11(19(27)29-3)8-16(12)25(20(28)24(10)2)9-14-15(21)7-6-13(17(14)22)18(23)26/h4-8,10H,9H2,1-3H3,(H2,23,26)/t10-/m0/s1. The fourth-order valence-corrected chi connectivity index (χ4v) is 3.29. The second kappa shape index (κ2) is 7.50. The molecule has 1 atom stereocenters. The monoisotopic (exact) mass is 403 g/mol. The number of primary amides is 1. The Morgan fingerprint density at radius 3 is 2.52 bits per heavy atom. The zero-order valence-electron chi connectivity index (χ0n) is 16.0. The molecule has 2 aromatic carbocycles. The fourth-order valence-electron chi connectivity index (χ4n) is 3.29. The summed E-state index contributed by atoms with van der Waals surface area (Å²) >= 11 is 0. The Labute approximate surface area is 165 Å². The van der Waals surface area contributed by atoms with Gasteiger partial charge in [0.05, 0.1) is 36.5 Å². The molecular formula is C20H19F2N3O4. The summed E-state index contributed by atoms with van der Waals surface area (Å²) in [5, 5.41) is 0. The van der Waals surface area contributed by atoms with Gasteiger partial charge in [-0.15, -0.1) is 0 Å². The molecule has 0 saturated heterocycles. The molecule has 3 rings (SSSR count). The van der Waals surface area contributed by atoms with Crippen molar-refractivity contribution in [2.45, 2.75) is 19.5 Å². The Bertz CT molecular complexity index is 1030. The molecule has 29 heavy (non-hydrogen) atoms. The second-order valence-electron chi connectivity index (χ2n) is 6.67. The lowest BCUT2D eigenvalue weighted by Crippen LogP contribution is -2.47. The number of benzene rings is 2. The minimum atomic E-state index is -1.13. The molecule has 0 aliphatic carbocycles. The number of rotatable bonds is 4. The Hall–Kier alpha value is -3.49. The van der Waals surface area contributed by atoms with E-state index in [4.69, 9.17) is 10.5 Å². The van der Waals surface area contributed by atoms with Crippen LogP contribution >= 0.6 is 0 Å². The maximum Gasteiger partial charge on any atom is 0.337 e. The molecule has 2 N–H and O–H groups in total. The second-order valence-corrected chi connectivity index (χ2v) is 6.67. The molecule has 0 saturated carbocycles. The Kier molecular flexibility index (Phi) is 5.23. The van der Waals surface area contributed by atoms with Gasteiger partial charge < -0.3 is 15.4 Å². The van der Waals surface area contributed by atoms with Crippen LogP contribution in [0, 0.1) is 11.6 Å². The minimum Gasteiger partial charge on any atom is -0.465 e. The molecule has 152 valence electrons. The number of urea groups is 1. The van der Waals surface area contributed by atoms with Crippen LogP contribution in [0.1, 0.15) is 44.8 Å². The highest BCUT2D eigenvalue weighted by Gasteiger charge is 2.35. The molecule has 0 bridgehead atoms. The molecule has 0 spiro atoms. The van der Waals surface area contributed by atoms with Crippen molar-refractivity contribution in [3.05, 3.63) is 64.2 Å². The summed E-state index contributed by atoms with van der Waals surface area (Å²) in [7, 11) is 2.78. The van der Waals surface area contributed by atoms with Crippen LogP contribution in [0.4, 0.5) is 19.3 Å². The highest BCUT2D eigenvalue weighted by atomic mass is 19.1. The highest BCUT2D eigenvalue weighted by Crippen LogP contribution is 2.37. The van der Waals surface area contributed by atoms with Crippen LogP contribution < -0.4 is 10.6 Å². The van der Waals surface area contributed by atoms with Crippen LogP contribution in [0.15, 0.2) is 30.3 Å². The summed E-state index contributed by atoms with van der Waals surface area (Å²) in [4.78, 5) is 38.8. The number of halogens is 2. The zero-order valence-corrected chi connectivity index (χ0v) is 16.0.